The molecule has 2 N–H and O–H groups in total. The summed E-state index contributed by atoms with van der Waals surface area (Å²) < 4.78 is 5.12. The van der Waals surface area contributed by atoms with Crippen LogP contribution in [0.2, 0.25) is 50.4 Å². The van der Waals surface area contributed by atoms with E-state index in [0.717, 1.165) is 18.4 Å². The minimum absolute atomic E-state index is 0. The van der Waals surface area contributed by atoms with E-state index in [1.54, 1.807) is 19.2 Å². The molecule has 3 nitrogen and oxygen atoms in total. The molecule has 0 aliphatic rings. The summed E-state index contributed by atoms with van der Waals surface area (Å²) in [7, 11) is -0.581. The predicted molar refractivity (Wildman–Crippen MR) is 161 cm³/mol. The lowest BCUT2D eigenvalue weighted by molar-refractivity contribution is 0.373. The highest BCUT2D eigenvalue weighted by Crippen LogP contribution is 2.28. The Balaban J connectivity index is 0.000000646. The number of aryl methyl sites for hydroxylation is 2. The van der Waals surface area contributed by atoms with Gasteiger partial charge in [0.1, 0.15) is 5.75 Å². The summed E-state index contributed by atoms with van der Waals surface area (Å²) in [4.78, 5) is 0. The maximum absolute atomic E-state index is 9.64. The third-order valence-electron chi connectivity index (χ3n) is 6.25. The first-order valence-corrected chi connectivity index (χ1v) is 19.2. The Morgan fingerprint density at radius 2 is 1.34 bits per heavy atom. The number of allylic oxidation sites excluding steroid dienone is 2. The van der Waals surface area contributed by atoms with Gasteiger partial charge in [0.25, 0.3) is 0 Å². The molecule has 0 heterocycles. The van der Waals surface area contributed by atoms with Gasteiger partial charge < -0.3 is 14.9 Å². The molecule has 0 amide bonds. The SMILES string of the molecule is C.C=CC[Si](C)(C)CCCc1ccc(O)c(OC)c1.C=CC[Si](C)(C)CCCc1ccccc1O. The summed E-state index contributed by atoms with van der Waals surface area (Å²) >= 11 is 0. The molecule has 196 valence electrons. The molecular formula is C30H50O3Si2. The van der Waals surface area contributed by atoms with E-state index in [1.165, 1.54) is 42.6 Å². The van der Waals surface area contributed by atoms with Crippen LogP contribution in [0.25, 0.3) is 0 Å². The minimum Gasteiger partial charge on any atom is -0.508 e. The van der Waals surface area contributed by atoms with E-state index in [0.29, 0.717) is 11.5 Å². The topological polar surface area (TPSA) is 49.7 Å². The van der Waals surface area contributed by atoms with Crippen molar-refractivity contribution in [3.05, 3.63) is 78.9 Å². The summed E-state index contributed by atoms with van der Waals surface area (Å²) in [6.07, 6.45) is 8.50. The lowest BCUT2D eigenvalue weighted by atomic mass is 10.1. The second-order valence-electron chi connectivity index (χ2n) is 10.7. The third-order valence-corrected chi connectivity index (χ3v) is 12.5. The Labute approximate surface area is 217 Å². The molecule has 0 fully saturated rings. The molecule has 0 aliphatic carbocycles. The zero-order valence-corrected chi connectivity index (χ0v) is 24.1. The van der Waals surface area contributed by atoms with Gasteiger partial charge in [0.15, 0.2) is 11.5 Å². The number of benzene rings is 2. The van der Waals surface area contributed by atoms with Crippen LogP contribution in [-0.2, 0) is 12.8 Å². The van der Waals surface area contributed by atoms with Gasteiger partial charge in [0, 0.05) is 0 Å². The van der Waals surface area contributed by atoms with Crippen LogP contribution >= 0.6 is 0 Å². The Hall–Kier alpha value is -2.25. The van der Waals surface area contributed by atoms with Crippen molar-refractivity contribution in [1.82, 2.24) is 0 Å². The van der Waals surface area contributed by atoms with E-state index in [9.17, 15) is 10.2 Å². The summed E-state index contributed by atoms with van der Waals surface area (Å²) in [5.74, 6) is 1.21. The van der Waals surface area contributed by atoms with Crippen molar-refractivity contribution in [3.8, 4) is 17.2 Å². The Kier molecular flexibility index (Phi) is 15.4. The lowest BCUT2D eigenvalue weighted by Crippen LogP contribution is -2.23. The van der Waals surface area contributed by atoms with Crippen LogP contribution in [0.15, 0.2) is 67.8 Å². The van der Waals surface area contributed by atoms with Crippen LogP contribution in [0.1, 0.15) is 31.4 Å². The molecule has 0 unspecified atom stereocenters. The molecule has 0 radical (unpaired) electrons. The second kappa shape index (κ2) is 16.4. The summed E-state index contributed by atoms with van der Waals surface area (Å²) in [5, 5.41) is 19.2. The number of hydrogen-bond acceptors (Lipinski definition) is 3. The van der Waals surface area contributed by atoms with E-state index in [1.807, 2.05) is 36.4 Å². The molecule has 35 heavy (non-hydrogen) atoms. The van der Waals surface area contributed by atoms with Crippen molar-refractivity contribution in [1.29, 1.82) is 0 Å². The highest BCUT2D eigenvalue weighted by atomic mass is 28.3. The quantitative estimate of drug-likeness (QED) is 0.207. The van der Waals surface area contributed by atoms with Gasteiger partial charge in [-0.1, -0.05) is 95.0 Å². The van der Waals surface area contributed by atoms with Gasteiger partial charge in [0.2, 0.25) is 0 Å². The third kappa shape index (κ3) is 13.4. The van der Waals surface area contributed by atoms with Crippen LogP contribution < -0.4 is 4.74 Å². The van der Waals surface area contributed by atoms with Crippen LogP contribution in [0.5, 0.6) is 17.2 Å². The molecular weight excluding hydrogens is 464 g/mol. The number of aromatic hydroxyl groups is 2. The molecule has 0 aromatic heterocycles. The van der Waals surface area contributed by atoms with Crippen molar-refractivity contribution in [2.45, 2.75) is 83.5 Å². The molecule has 2 rings (SSSR count). The molecule has 2 aromatic carbocycles. The summed E-state index contributed by atoms with van der Waals surface area (Å²) in [6.45, 7) is 17.3. The molecule has 5 heteroatoms. The van der Waals surface area contributed by atoms with Crippen LogP contribution in [0.4, 0.5) is 0 Å². The average Bonchev–Trinajstić information content (AvgIpc) is 2.76. The highest BCUT2D eigenvalue weighted by molar-refractivity contribution is 6.78. The van der Waals surface area contributed by atoms with Crippen molar-refractivity contribution in [2.24, 2.45) is 0 Å². The Morgan fingerprint density at radius 1 is 0.800 bits per heavy atom. The molecule has 0 saturated heterocycles. The van der Waals surface area contributed by atoms with E-state index in [2.05, 4.69) is 45.4 Å². The highest BCUT2D eigenvalue weighted by Gasteiger charge is 2.18. The zero-order valence-electron chi connectivity index (χ0n) is 22.1. The minimum atomic E-state index is -1.09. The average molecular weight is 515 g/mol. The first-order chi connectivity index (χ1) is 16.0. The van der Waals surface area contributed by atoms with Gasteiger partial charge in [-0.3, -0.25) is 0 Å². The number of rotatable bonds is 13. The Bertz CT molecular complexity index is 891. The molecule has 0 bridgehead atoms. The van der Waals surface area contributed by atoms with Gasteiger partial charge in [-0.15, -0.1) is 13.2 Å². The Morgan fingerprint density at radius 3 is 1.86 bits per heavy atom. The fourth-order valence-corrected chi connectivity index (χ4v) is 8.35. The van der Waals surface area contributed by atoms with Gasteiger partial charge in [-0.25, -0.2) is 0 Å². The predicted octanol–water partition coefficient (Wildman–Crippen LogP) is 9.08. The lowest BCUT2D eigenvalue weighted by Gasteiger charge is -2.20. The maximum atomic E-state index is 9.64. The van der Waals surface area contributed by atoms with Gasteiger partial charge in [0.05, 0.1) is 23.3 Å². The summed E-state index contributed by atoms with van der Waals surface area (Å²) in [6, 6.07) is 18.2. The number of ether oxygens (including phenoxy) is 1. The number of methoxy groups -OCH3 is 1. The van der Waals surface area contributed by atoms with Crippen LogP contribution in [0, 0.1) is 0 Å². The van der Waals surface area contributed by atoms with Crippen LogP contribution in [-0.4, -0.2) is 33.5 Å². The summed E-state index contributed by atoms with van der Waals surface area (Å²) in [5.41, 5.74) is 2.30. The largest absolute Gasteiger partial charge is 0.508 e. The smallest absolute Gasteiger partial charge is 0.160 e. The number of hydrogen-bond donors (Lipinski definition) is 2. The van der Waals surface area contributed by atoms with Gasteiger partial charge >= 0.3 is 0 Å². The molecule has 2 aromatic rings. The maximum Gasteiger partial charge on any atom is 0.160 e. The van der Waals surface area contributed by atoms with Crippen molar-refractivity contribution >= 4 is 16.1 Å². The van der Waals surface area contributed by atoms with Crippen molar-refractivity contribution < 1.29 is 14.9 Å². The fraction of sp³-hybridized carbons (Fsp3) is 0.467. The molecule has 0 aliphatic heterocycles. The number of phenolic OH excluding ortho intramolecular Hbond substituents is 2. The first kappa shape index (κ1) is 32.8. The van der Waals surface area contributed by atoms with Gasteiger partial charge in [-0.05, 0) is 54.3 Å². The van der Waals surface area contributed by atoms with Crippen molar-refractivity contribution in [3.63, 3.8) is 0 Å². The van der Waals surface area contributed by atoms with Crippen molar-refractivity contribution in [2.75, 3.05) is 7.11 Å². The zero-order chi connectivity index (χ0) is 25.6. The molecule has 0 spiro atoms. The monoisotopic (exact) mass is 514 g/mol. The standard InChI is InChI=1S/C15H24O2Si.C14H22OSi.CH4/c1-5-10-18(3,4)11-6-7-13-8-9-14(16)15(12-13)17-2;1-4-11-16(2,3)12-7-9-13-8-5-6-10-14(13)15;/h5,8-9,12,16H,1,6-7,10-11H2,2-4H3;4-6,8,10,15H,1,7,9,11-12H2,2-3H3;1H4. The van der Waals surface area contributed by atoms with E-state index < -0.39 is 16.1 Å². The number of para-hydroxylation sites is 1. The molecule has 0 atom stereocenters. The molecule has 0 saturated carbocycles. The van der Waals surface area contributed by atoms with E-state index in [-0.39, 0.29) is 13.2 Å². The normalized spacial score (nSPS) is 11.0. The van der Waals surface area contributed by atoms with E-state index in [4.69, 9.17) is 4.74 Å². The van der Waals surface area contributed by atoms with Crippen LogP contribution in [0.3, 0.4) is 0 Å². The number of phenols is 2. The second-order valence-corrected chi connectivity index (χ2v) is 21.1. The fourth-order valence-electron chi connectivity index (χ4n) is 4.11. The van der Waals surface area contributed by atoms with E-state index >= 15 is 0 Å². The van der Waals surface area contributed by atoms with Gasteiger partial charge in [-0.2, -0.15) is 0 Å². The first-order valence-electron chi connectivity index (χ1n) is 12.4.